The molecule has 2 aromatic rings. The van der Waals surface area contributed by atoms with Crippen molar-refractivity contribution in [3.63, 3.8) is 0 Å². The SMILES string of the molecule is CC(C)=NNc1ccc(NCC(C)(C)NCC(O)COc2ccccc2C)nn1. The molecule has 1 unspecified atom stereocenters. The average Bonchev–Trinajstić information content (AvgIpc) is 2.69. The number of nitrogens with zero attached hydrogens (tertiary/aromatic N) is 3. The van der Waals surface area contributed by atoms with Crippen LogP contribution in [-0.2, 0) is 0 Å². The number of aliphatic hydroxyl groups excluding tert-OH is 1. The van der Waals surface area contributed by atoms with E-state index in [2.05, 4.69) is 45.2 Å². The highest BCUT2D eigenvalue weighted by Crippen LogP contribution is 2.16. The number of benzene rings is 1. The number of hydrazone groups is 1. The van der Waals surface area contributed by atoms with E-state index in [1.807, 2.05) is 57.2 Å². The first-order chi connectivity index (χ1) is 13.7. The van der Waals surface area contributed by atoms with Gasteiger partial charge in [-0.05, 0) is 58.4 Å². The molecule has 0 saturated carbocycles. The monoisotopic (exact) mass is 400 g/mol. The third-order valence-corrected chi connectivity index (χ3v) is 4.11. The quantitative estimate of drug-likeness (QED) is 0.340. The maximum absolute atomic E-state index is 10.2. The average molecular weight is 401 g/mol. The smallest absolute Gasteiger partial charge is 0.168 e. The lowest BCUT2D eigenvalue weighted by Crippen LogP contribution is -2.49. The maximum atomic E-state index is 10.2. The summed E-state index contributed by atoms with van der Waals surface area (Å²) in [6, 6.07) is 11.4. The second-order valence-corrected chi connectivity index (χ2v) is 7.82. The number of hydrogen-bond donors (Lipinski definition) is 4. The Morgan fingerprint density at radius 2 is 1.83 bits per heavy atom. The third-order valence-electron chi connectivity index (χ3n) is 4.11. The highest BCUT2D eigenvalue weighted by Gasteiger charge is 2.19. The molecule has 2 rings (SSSR count). The van der Waals surface area contributed by atoms with Gasteiger partial charge in [0.25, 0.3) is 0 Å². The third kappa shape index (κ3) is 8.45. The fourth-order valence-electron chi connectivity index (χ4n) is 2.39. The van der Waals surface area contributed by atoms with Gasteiger partial charge in [0.1, 0.15) is 24.3 Å². The fraction of sp³-hybridized carbons (Fsp3) is 0.476. The summed E-state index contributed by atoms with van der Waals surface area (Å²) in [7, 11) is 0. The summed E-state index contributed by atoms with van der Waals surface area (Å²) in [6.07, 6.45) is -0.610. The number of anilines is 2. The van der Waals surface area contributed by atoms with E-state index in [9.17, 15) is 5.11 Å². The van der Waals surface area contributed by atoms with Crippen molar-refractivity contribution in [1.29, 1.82) is 0 Å². The molecule has 29 heavy (non-hydrogen) atoms. The second-order valence-electron chi connectivity index (χ2n) is 7.82. The second kappa shape index (κ2) is 10.7. The van der Waals surface area contributed by atoms with E-state index in [4.69, 9.17) is 4.74 Å². The molecule has 0 bridgehead atoms. The van der Waals surface area contributed by atoms with Crippen LogP contribution >= 0.6 is 0 Å². The van der Waals surface area contributed by atoms with Crippen molar-refractivity contribution >= 4 is 17.3 Å². The molecule has 0 spiro atoms. The van der Waals surface area contributed by atoms with Crippen LogP contribution in [-0.4, -0.2) is 52.4 Å². The summed E-state index contributed by atoms with van der Waals surface area (Å²) in [6.45, 7) is 11.2. The van der Waals surface area contributed by atoms with Crippen molar-refractivity contribution in [1.82, 2.24) is 15.5 Å². The van der Waals surface area contributed by atoms with E-state index in [0.29, 0.717) is 24.7 Å². The molecule has 1 aromatic carbocycles. The van der Waals surface area contributed by atoms with Gasteiger partial charge in [0.15, 0.2) is 5.82 Å². The molecule has 158 valence electrons. The van der Waals surface area contributed by atoms with Crippen LogP contribution in [0.5, 0.6) is 5.75 Å². The minimum atomic E-state index is -0.610. The van der Waals surface area contributed by atoms with Gasteiger partial charge in [-0.3, -0.25) is 5.43 Å². The normalized spacial score (nSPS) is 12.2. The number of rotatable bonds is 11. The van der Waals surface area contributed by atoms with E-state index in [-0.39, 0.29) is 12.1 Å². The molecule has 8 heteroatoms. The Kier molecular flexibility index (Phi) is 8.35. The van der Waals surface area contributed by atoms with Gasteiger partial charge < -0.3 is 20.5 Å². The number of para-hydroxylation sites is 1. The van der Waals surface area contributed by atoms with E-state index >= 15 is 0 Å². The van der Waals surface area contributed by atoms with Gasteiger partial charge in [-0.15, -0.1) is 10.2 Å². The first kappa shape index (κ1) is 22.6. The fourth-order valence-corrected chi connectivity index (χ4v) is 2.39. The molecule has 1 heterocycles. The van der Waals surface area contributed by atoms with Crippen molar-refractivity contribution < 1.29 is 9.84 Å². The maximum Gasteiger partial charge on any atom is 0.168 e. The summed E-state index contributed by atoms with van der Waals surface area (Å²) in [5, 5.41) is 29.1. The lowest BCUT2D eigenvalue weighted by atomic mass is 10.1. The van der Waals surface area contributed by atoms with Crippen LogP contribution in [0.25, 0.3) is 0 Å². The zero-order valence-electron chi connectivity index (χ0n) is 17.9. The Balaban J connectivity index is 1.73. The molecular formula is C21H32N6O2. The van der Waals surface area contributed by atoms with Gasteiger partial charge in [-0.25, -0.2) is 0 Å². The lowest BCUT2D eigenvalue weighted by molar-refractivity contribution is 0.0993. The van der Waals surface area contributed by atoms with Crippen LogP contribution < -0.4 is 20.8 Å². The van der Waals surface area contributed by atoms with Crippen molar-refractivity contribution in [2.45, 2.75) is 46.3 Å². The van der Waals surface area contributed by atoms with Gasteiger partial charge >= 0.3 is 0 Å². The number of ether oxygens (including phenoxy) is 1. The highest BCUT2D eigenvalue weighted by molar-refractivity contribution is 5.79. The Morgan fingerprint density at radius 3 is 2.48 bits per heavy atom. The van der Waals surface area contributed by atoms with Crippen LogP contribution in [0, 0.1) is 6.92 Å². The predicted molar refractivity (Wildman–Crippen MR) is 118 cm³/mol. The molecule has 1 atom stereocenters. The van der Waals surface area contributed by atoms with E-state index in [0.717, 1.165) is 17.0 Å². The van der Waals surface area contributed by atoms with Gasteiger partial charge in [0.2, 0.25) is 0 Å². The summed E-state index contributed by atoms with van der Waals surface area (Å²) >= 11 is 0. The minimum Gasteiger partial charge on any atom is -0.491 e. The lowest BCUT2D eigenvalue weighted by Gasteiger charge is -2.28. The van der Waals surface area contributed by atoms with E-state index in [1.54, 1.807) is 0 Å². The Labute approximate surface area is 172 Å². The first-order valence-electron chi connectivity index (χ1n) is 9.71. The number of hydrogen-bond acceptors (Lipinski definition) is 8. The number of aromatic nitrogens is 2. The molecule has 0 aliphatic heterocycles. The van der Waals surface area contributed by atoms with Crippen LogP contribution in [0.2, 0.25) is 0 Å². The van der Waals surface area contributed by atoms with E-state index < -0.39 is 6.10 Å². The van der Waals surface area contributed by atoms with Crippen molar-refractivity contribution in [3.8, 4) is 5.75 Å². The van der Waals surface area contributed by atoms with Crippen LogP contribution in [0.1, 0.15) is 33.3 Å². The van der Waals surface area contributed by atoms with Gasteiger partial charge in [-0.1, -0.05) is 18.2 Å². The standard InChI is InChI=1S/C21H32N6O2/c1-15(2)24-26-20-11-10-19(25-27-20)22-14-21(4,5)23-12-17(28)13-29-18-9-7-6-8-16(18)3/h6-11,17,23,28H,12-14H2,1-5H3,(H,22,25)(H,26,27). The Bertz CT molecular complexity index is 788. The summed E-state index contributed by atoms with van der Waals surface area (Å²) in [5.74, 6) is 2.06. The molecule has 8 nitrogen and oxygen atoms in total. The number of aliphatic hydroxyl groups is 1. The molecule has 0 radical (unpaired) electrons. The zero-order chi connectivity index (χ0) is 21.3. The van der Waals surface area contributed by atoms with E-state index in [1.165, 1.54) is 0 Å². The summed E-state index contributed by atoms with van der Waals surface area (Å²) < 4.78 is 5.70. The van der Waals surface area contributed by atoms with Crippen LogP contribution in [0.15, 0.2) is 41.5 Å². The molecular weight excluding hydrogens is 368 g/mol. The van der Waals surface area contributed by atoms with Crippen molar-refractivity contribution in [2.24, 2.45) is 5.10 Å². The number of aryl methyl sites for hydroxylation is 1. The predicted octanol–water partition coefficient (Wildman–Crippen LogP) is 2.81. The Morgan fingerprint density at radius 1 is 1.14 bits per heavy atom. The largest absolute Gasteiger partial charge is 0.491 e. The molecule has 0 amide bonds. The van der Waals surface area contributed by atoms with Crippen LogP contribution in [0.3, 0.4) is 0 Å². The number of β-amino-alcohol motifs (C(OH)–C–C–N with tert-alkyl or cyclic N) is 1. The Hall–Kier alpha value is -2.71. The zero-order valence-corrected chi connectivity index (χ0v) is 17.9. The topological polar surface area (TPSA) is 104 Å². The molecule has 4 N–H and O–H groups in total. The molecule has 1 aromatic heterocycles. The number of nitrogens with one attached hydrogen (secondary N) is 3. The highest BCUT2D eigenvalue weighted by atomic mass is 16.5. The minimum absolute atomic E-state index is 0.237. The molecule has 0 aliphatic carbocycles. The summed E-state index contributed by atoms with van der Waals surface area (Å²) in [5.41, 5.74) is 4.54. The summed E-state index contributed by atoms with van der Waals surface area (Å²) in [4.78, 5) is 0. The van der Waals surface area contributed by atoms with Gasteiger partial charge in [0, 0.05) is 24.3 Å². The molecule has 0 aliphatic rings. The molecule has 0 fully saturated rings. The van der Waals surface area contributed by atoms with Gasteiger partial charge in [-0.2, -0.15) is 5.10 Å². The van der Waals surface area contributed by atoms with Crippen molar-refractivity contribution in [2.75, 3.05) is 30.4 Å². The van der Waals surface area contributed by atoms with Gasteiger partial charge in [0.05, 0.1) is 0 Å². The van der Waals surface area contributed by atoms with Crippen molar-refractivity contribution in [3.05, 3.63) is 42.0 Å². The van der Waals surface area contributed by atoms with Crippen LogP contribution in [0.4, 0.5) is 11.6 Å². The molecule has 0 saturated heterocycles. The first-order valence-corrected chi connectivity index (χ1v) is 9.71.